The van der Waals surface area contributed by atoms with Gasteiger partial charge in [-0.3, -0.25) is 9.59 Å². The van der Waals surface area contributed by atoms with Crippen molar-refractivity contribution < 1.29 is 18.7 Å². The van der Waals surface area contributed by atoms with Crippen LogP contribution in [0.2, 0.25) is 0 Å². The van der Waals surface area contributed by atoms with Gasteiger partial charge in [0.25, 0.3) is 11.8 Å². The fraction of sp³-hybridized carbons (Fsp3) is 0.120. The van der Waals surface area contributed by atoms with Crippen LogP contribution in [0.5, 0.6) is 5.75 Å². The zero-order chi connectivity index (χ0) is 22.7. The van der Waals surface area contributed by atoms with E-state index in [2.05, 4.69) is 26.6 Å². The first kappa shape index (κ1) is 21.6. The van der Waals surface area contributed by atoms with Crippen LogP contribution in [0.1, 0.15) is 24.4 Å². The van der Waals surface area contributed by atoms with Gasteiger partial charge in [0.1, 0.15) is 11.3 Å². The Morgan fingerprint density at radius 2 is 1.50 bits per heavy atom. The predicted molar refractivity (Wildman–Crippen MR) is 128 cm³/mol. The summed E-state index contributed by atoms with van der Waals surface area (Å²) in [5, 5.41) is 6.50. The molecule has 2 N–H and O–H groups in total. The van der Waals surface area contributed by atoms with E-state index in [9.17, 15) is 9.59 Å². The van der Waals surface area contributed by atoms with Gasteiger partial charge < -0.3 is 19.8 Å². The minimum atomic E-state index is -1.08. The van der Waals surface area contributed by atoms with Crippen molar-refractivity contribution in [1.29, 1.82) is 0 Å². The van der Waals surface area contributed by atoms with Crippen LogP contribution in [0.25, 0.3) is 11.0 Å². The van der Waals surface area contributed by atoms with Gasteiger partial charge >= 0.3 is 0 Å². The Hall–Kier alpha value is -3.58. The lowest BCUT2D eigenvalue weighted by Gasteiger charge is -2.25. The molecule has 4 rings (SSSR count). The summed E-state index contributed by atoms with van der Waals surface area (Å²) >= 11 is 3.37. The van der Waals surface area contributed by atoms with Crippen LogP contribution < -0.4 is 15.4 Å². The third-order valence-electron chi connectivity index (χ3n) is 4.78. The molecular weight excluding hydrogens is 472 g/mol. The van der Waals surface area contributed by atoms with Crippen molar-refractivity contribution in [3.63, 3.8) is 0 Å². The minimum Gasteiger partial charge on any atom is -0.478 e. The van der Waals surface area contributed by atoms with Crippen molar-refractivity contribution in [2.75, 3.05) is 10.6 Å². The summed E-state index contributed by atoms with van der Waals surface area (Å²) in [4.78, 5) is 25.2. The standard InChI is InChI=1S/C25H21BrN2O4/c1-25(2,32-20-13-7-17(26)8-14-20)24(30)28-19-11-9-18(10-12-19)27-23(29)22-15-16-5-3-4-6-21(16)31-22/h3-15H,1-2H3,(H,27,29)(H,28,30). The van der Waals surface area contributed by atoms with E-state index in [0.717, 1.165) is 9.86 Å². The molecule has 0 saturated carbocycles. The van der Waals surface area contributed by atoms with E-state index < -0.39 is 5.60 Å². The van der Waals surface area contributed by atoms with E-state index in [-0.39, 0.29) is 17.6 Å². The van der Waals surface area contributed by atoms with E-state index in [4.69, 9.17) is 9.15 Å². The predicted octanol–water partition coefficient (Wildman–Crippen LogP) is 6.24. The topological polar surface area (TPSA) is 80.6 Å². The molecule has 1 aromatic heterocycles. The largest absolute Gasteiger partial charge is 0.478 e. The second-order valence-corrected chi connectivity index (χ2v) is 8.62. The number of benzene rings is 3. The smallest absolute Gasteiger partial charge is 0.291 e. The Bertz CT molecular complexity index is 1230. The Labute approximate surface area is 193 Å². The maximum Gasteiger partial charge on any atom is 0.291 e. The summed E-state index contributed by atoms with van der Waals surface area (Å²) in [7, 11) is 0. The zero-order valence-corrected chi connectivity index (χ0v) is 19.1. The molecule has 6 nitrogen and oxygen atoms in total. The SMILES string of the molecule is CC(C)(Oc1ccc(Br)cc1)C(=O)Nc1ccc(NC(=O)c2cc3ccccc3o2)cc1. The highest BCUT2D eigenvalue weighted by atomic mass is 79.9. The van der Waals surface area contributed by atoms with Gasteiger partial charge in [0.2, 0.25) is 0 Å². The van der Waals surface area contributed by atoms with E-state index in [1.807, 2.05) is 36.4 Å². The number of furan rings is 1. The number of fused-ring (bicyclic) bond motifs is 1. The number of para-hydroxylation sites is 1. The van der Waals surface area contributed by atoms with Crippen molar-refractivity contribution >= 4 is 50.1 Å². The molecule has 0 fully saturated rings. The lowest BCUT2D eigenvalue weighted by atomic mass is 10.1. The number of hydrogen-bond acceptors (Lipinski definition) is 4. The van der Waals surface area contributed by atoms with Crippen LogP contribution in [0, 0.1) is 0 Å². The normalized spacial score (nSPS) is 11.2. The summed E-state index contributed by atoms with van der Waals surface area (Å²) in [6.45, 7) is 3.40. The van der Waals surface area contributed by atoms with Crippen LogP contribution in [-0.4, -0.2) is 17.4 Å². The fourth-order valence-corrected chi connectivity index (χ4v) is 3.31. The van der Waals surface area contributed by atoms with Crippen molar-refractivity contribution in [3.8, 4) is 5.75 Å². The van der Waals surface area contributed by atoms with Crippen LogP contribution in [0.3, 0.4) is 0 Å². The molecule has 0 aliphatic heterocycles. The number of carbonyl (C=O) groups excluding carboxylic acids is 2. The highest BCUT2D eigenvalue weighted by Crippen LogP contribution is 2.24. The number of halogens is 1. The number of amides is 2. The summed E-state index contributed by atoms with van der Waals surface area (Å²) in [6, 6.07) is 23.2. The summed E-state index contributed by atoms with van der Waals surface area (Å²) in [5.41, 5.74) is 0.744. The summed E-state index contributed by atoms with van der Waals surface area (Å²) in [5.74, 6) is 0.189. The Morgan fingerprint density at radius 1 is 0.875 bits per heavy atom. The average molecular weight is 493 g/mol. The number of rotatable bonds is 6. The monoisotopic (exact) mass is 492 g/mol. The molecule has 3 aromatic carbocycles. The lowest BCUT2D eigenvalue weighted by molar-refractivity contribution is -0.128. The van der Waals surface area contributed by atoms with Gasteiger partial charge in [0, 0.05) is 21.2 Å². The molecule has 0 saturated heterocycles. The molecular formula is C25H21BrN2O4. The average Bonchev–Trinajstić information content (AvgIpc) is 3.21. The molecule has 0 unspecified atom stereocenters. The van der Waals surface area contributed by atoms with Crippen LogP contribution in [-0.2, 0) is 4.79 Å². The first-order chi connectivity index (χ1) is 15.3. The highest BCUT2D eigenvalue weighted by Gasteiger charge is 2.30. The molecule has 32 heavy (non-hydrogen) atoms. The van der Waals surface area contributed by atoms with Gasteiger partial charge in [0.15, 0.2) is 11.4 Å². The molecule has 0 aliphatic rings. The summed E-state index contributed by atoms with van der Waals surface area (Å²) < 4.78 is 12.4. The van der Waals surface area contributed by atoms with Crippen molar-refractivity contribution in [2.24, 2.45) is 0 Å². The first-order valence-electron chi connectivity index (χ1n) is 9.96. The molecule has 0 spiro atoms. The van der Waals surface area contributed by atoms with E-state index in [1.165, 1.54) is 0 Å². The van der Waals surface area contributed by atoms with Crippen molar-refractivity contribution in [1.82, 2.24) is 0 Å². The van der Waals surface area contributed by atoms with E-state index in [0.29, 0.717) is 22.7 Å². The quantitative estimate of drug-likeness (QED) is 0.333. The second kappa shape index (κ2) is 8.88. The highest BCUT2D eigenvalue weighted by molar-refractivity contribution is 9.10. The zero-order valence-electron chi connectivity index (χ0n) is 17.5. The van der Waals surface area contributed by atoms with Crippen LogP contribution in [0.15, 0.2) is 87.8 Å². The number of carbonyl (C=O) groups is 2. The van der Waals surface area contributed by atoms with Gasteiger partial charge in [-0.25, -0.2) is 0 Å². The number of anilines is 2. The van der Waals surface area contributed by atoms with Crippen molar-refractivity contribution in [2.45, 2.75) is 19.4 Å². The van der Waals surface area contributed by atoms with E-state index >= 15 is 0 Å². The minimum absolute atomic E-state index is 0.232. The van der Waals surface area contributed by atoms with Gasteiger partial charge in [-0.15, -0.1) is 0 Å². The lowest BCUT2D eigenvalue weighted by Crippen LogP contribution is -2.42. The molecule has 1 heterocycles. The molecule has 4 aromatic rings. The molecule has 7 heteroatoms. The third kappa shape index (κ3) is 5.00. The van der Waals surface area contributed by atoms with Gasteiger partial charge in [-0.05, 0) is 74.5 Å². The number of ether oxygens (including phenoxy) is 1. The van der Waals surface area contributed by atoms with Gasteiger partial charge in [-0.1, -0.05) is 34.1 Å². The van der Waals surface area contributed by atoms with Crippen molar-refractivity contribution in [3.05, 3.63) is 89.1 Å². The fourth-order valence-electron chi connectivity index (χ4n) is 3.05. The molecule has 0 bridgehead atoms. The number of nitrogens with one attached hydrogen (secondary N) is 2. The van der Waals surface area contributed by atoms with E-state index in [1.54, 1.807) is 56.3 Å². The maximum absolute atomic E-state index is 12.7. The molecule has 162 valence electrons. The molecule has 2 amide bonds. The second-order valence-electron chi connectivity index (χ2n) is 7.70. The Balaban J connectivity index is 1.37. The van der Waals surface area contributed by atoms with Crippen LogP contribution >= 0.6 is 15.9 Å². The maximum atomic E-state index is 12.7. The van der Waals surface area contributed by atoms with Gasteiger partial charge in [-0.2, -0.15) is 0 Å². The Morgan fingerprint density at radius 3 is 2.16 bits per heavy atom. The van der Waals surface area contributed by atoms with Crippen LogP contribution in [0.4, 0.5) is 11.4 Å². The third-order valence-corrected chi connectivity index (χ3v) is 5.31. The Kier molecular flexibility index (Phi) is 6.01. The molecule has 0 radical (unpaired) electrons. The molecule has 0 atom stereocenters. The first-order valence-corrected chi connectivity index (χ1v) is 10.8. The number of hydrogen-bond donors (Lipinski definition) is 2. The molecule has 0 aliphatic carbocycles. The summed E-state index contributed by atoms with van der Waals surface area (Å²) in [6.07, 6.45) is 0. The van der Waals surface area contributed by atoms with Gasteiger partial charge in [0.05, 0.1) is 0 Å².